The Balaban J connectivity index is 1.79. The Morgan fingerprint density at radius 1 is 1.00 bits per heavy atom. The summed E-state index contributed by atoms with van der Waals surface area (Å²) in [5.74, 6) is 3.83. The van der Waals surface area contributed by atoms with E-state index in [-0.39, 0.29) is 0 Å². The molecule has 16 heavy (non-hydrogen) atoms. The molecule has 0 amide bonds. The molecule has 1 nitrogen and oxygen atoms in total. The topological polar surface area (TPSA) is 26.0 Å². The fraction of sp³-hybridized carbons (Fsp3) is 1.00. The lowest BCUT2D eigenvalue weighted by Gasteiger charge is -2.47. The summed E-state index contributed by atoms with van der Waals surface area (Å²) in [6.45, 7) is 5.06. The molecule has 1 heteroatoms. The molecule has 0 heterocycles. The third kappa shape index (κ3) is 0.836. The second-order valence-corrected chi connectivity index (χ2v) is 7.76. The van der Waals surface area contributed by atoms with Gasteiger partial charge in [-0.3, -0.25) is 0 Å². The Morgan fingerprint density at radius 3 is 2.25 bits per heavy atom. The minimum atomic E-state index is 0.556. The van der Waals surface area contributed by atoms with E-state index in [0.29, 0.717) is 16.9 Å². The molecule has 4 saturated carbocycles. The van der Waals surface area contributed by atoms with E-state index in [1.165, 1.54) is 38.5 Å². The van der Waals surface area contributed by atoms with Gasteiger partial charge in [0.25, 0.3) is 0 Å². The highest BCUT2D eigenvalue weighted by Crippen LogP contribution is 2.74. The van der Waals surface area contributed by atoms with Crippen LogP contribution in [0.5, 0.6) is 0 Å². The van der Waals surface area contributed by atoms with Crippen molar-refractivity contribution in [3.8, 4) is 0 Å². The zero-order valence-electron chi connectivity index (χ0n) is 10.7. The van der Waals surface area contributed by atoms with Crippen molar-refractivity contribution in [1.82, 2.24) is 0 Å². The van der Waals surface area contributed by atoms with E-state index in [1.807, 2.05) is 0 Å². The van der Waals surface area contributed by atoms with Crippen LogP contribution in [0.25, 0.3) is 0 Å². The molecule has 0 aliphatic heterocycles. The van der Waals surface area contributed by atoms with Gasteiger partial charge in [-0.05, 0) is 73.0 Å². The highest BCUT2D eigenvalue weighted by atomic mass is 14.8. The highest BCUT2D eigenvalue weighted by molar-refractivity contribution is 5.20. The molecule has 0 saturated heterocycles. The molecular formula is C15H25N. The number of hydrogen-bond acceptors (Lipinski definition) is 1. The standard InChI is InChI=1S/C15H25N/c1-14(2)11-5-6-12(14)15(8-11)10-4-3-9(7-10)13(15)16/h9-13H,3-8,16H2,1-2H3/t9-,10?,11+,12+,13-,15?/m1/s1. The zero-order chi connectivity index (χ0) is 11.1. The minimum Gasteiger partial charge on any atom is -0.327 e. The highest BCUT2D eigenvalue weighted by Gasteiger charge is 2.69. The third-order valence-electron chi connectivity index (χ3n) is 7.36. The van der Waals surface area contributed by atoms with Crippen LogP contribution in [-0.4, -0.2) is 6.04 Å². The number of rotatable bonds is 0. The molecule has 2 unspecified atom stereocenters. The summed E-state index contributed by atoms with van der Waals surface area (Å²) in [6, 6.07) is 0.556. The maximum absolute atomic E-state index is 6.67. The summed E-state index contributed by atoms with van der Waals surface area (Å²) in [5, 5.41) is 0. The summed E-state index contributed by atoms with van der Waals surface area (Å²) in [4.78, 5) is 0. The van der Waals surface area contributed by atoms with Gasteiger partial charge in [0.15, 0.2) is 0 Å². The predicted octanol–water partition coefficient (Wildman–Crippen LogP) is 3.19. The van der Waals surface area contributed by atoms with Gasteiger partial charge >= 0.3 is 0 Å². The smallest absolute Gasteiger partial charge is 0.0130 e. The van der Waals surface area contributed by atoms with E-state index >= 15 is 0 Å². The van der Waals surface area contributed by atoms with Crippen LogP contribution in [0.4, 0.5) is 0 Å². The first-order valence-corrected chi connectivity index (χ1v) is 7.32. The first-order valence-electron chi connectivity index (χ1n) is 7.32. The van der Waals surface area contributed by atoms with E-state index in [2.05, 4.69) is 13.8 Å². The van der Waals surface area contributed by atoms with Crippen LogP contribution >= 0.6 is 0 Å². The lowest BCUT2D eigenvalue weighted by atomic mass is 9.59. The average Bonchev–Trinajstić information content (AvgIpc) is 2.93. The second-order valence-electron chi connectivity index (χ2n) is 7.76. The van der Waals surface area contributed by atoms with E-state index in [9.17, 15) is 0 Å². The van der Waals surface area contributed by atoms with Gasteiger partial charge in [0, 0.05) is 6.04 Å². The Bertz CT molecular complexity index is 330. The first-order chi connectivity index (χ1) is 7.57. The maximum atomic E-state index is 6.67. The summed E-state index contributed by atoms with van der Waals surface area (Å²) in [6.07, 6.45) is 8.86. The van der Waals surface area contributed by atoms with Gasteiger partial charge in [0.2, 0.25) is 0 Å². The van der Waals surface area contributed by atoms with Crippen molar-refractivity contribution in [3.05, 3.63) is 0 Å². The summed E-state index contributed by atoms with van der Waals surface area (Å²) < 4.78 is 0. The summed E-state index contributed by atoms with van der Waals surface area (Å²) >= 11 is 0. The van der Waals surface area contributed by atoms with Crippen molar-refractivity contribution in [2.45, 2.75) is 58.4 Å². The van der Waals surface area contributed by atoms with Crippen molar-refractivity contribution in [2.24, 2.45) is 40.2 Å². The minimum absolute atomic E-state index is 0.556. The quantitative estimate of drug-likeness (QED) is 0.665. The zero-order valence-corrected chi connectivity index (χ0v) is 10.7. The molecule has 0 aromatic heterocycles. The van der Waals surface area contributed by atoms with E-state index in [1.54, 1.807) is 0 Å². The van der Waals surface area contributed by atoms with Crippen molar-refractivity contribution in [3.63, 3.8) is 0 Å². The van der Waals surface area contributed by atoms with Crippen LogP contribution in [-0.2, 0) is 0 Å². The predicted molar refractivity (Wildman–Crippen MR) is 65.9 cm³/mol. The van der Waals surface area contributed by atoms with E-state index in [4.69, 9.17) is 5.73 Å². The van der Waals surface area contributed by atoms with E-state index < -0.39 is 0 Å². The van der Waals surface area contributed by atoms with Gasteiger partial charge in [-0.25, -0.2) is 0 Å². The molecule has 4 bridgehead atoms. The Morgan fingerprint density at radius 2 is 1.75 bits per heavy atom. The molecule has 4 fully saturated rings. The molecule has 6 atom stereocenters. The molecule has 0 radical (unpaired) electrons. The van der Waals surface area contributed by atoms with Gasteiger partial charge in [-0.1, -0.05) is 13.8 Å². The maximum Gasteiger partial charge on any atom is 0.0130 e. The molecule has 4 aliphatic rings. The van der Waals surface area contributed by atoms with Gasteiger partial charge in [-0.15, -0.1) is 0 Å². The summed E-state index contributed by atoms with van der Waals surface area (Å²) in [7, 11) is 0. The number of hydrogen-bond donors (Lipinski definition) is 1. The van der Waals surface area contributed by atoms with Crippen LogP contribution in [0.2, 0.25) is 0 Å². The lowest BCUT2D eigenvalue weighted by molar-refractivity contribution is 0.0390. The van der Waals surface area contributed by atoms with Gasteiger partial charge in [-0.2, -0.15) is 0 Å². The fourth-order valence-electron chi connectivity index (χ4n) is 6.65. The van der Waals surface area contributed by atoms with Crippen LogP contribution in [0, 0.1) is 34.5 Å². The SMILES string of the molecule is CC1(C)[C@H]2CC[C@@H]1C1(C2)C2CC[C@H](C2)[C@H]1N. The molecular weight excluding hydrogens is 194 g/mol. The number of nitrogens with two attached hydrogens (primary N) is 1. The normalized spacial score (nSPS) is 61.3. The Kier molecular flexibility index (Phi) is 1.67. The van der Waals surface area contributed by atoms with Crippen LogP contribution in [0.3, 0.4) is 0 Å². The second kappa shape index (κ2) is 2.68. The Hall–Kier alpha value is -0.0400. The molecule has 90 valence electrons. The molecule has 1 spiro atoms. The van der Waals surface area contributed by atoms with Gasteiger partial charge in [0.05, 0.1) is 0 Å². The summed E-state index contributed by atoms with van der Waals surface area (Å²) in [5.41, 5.74) is 7.86. The van der Waals surface area contributed by atoms with Gasteiger partial charge in [0.1, 0.15) is 0 Å². The number of fused-ring (bicyclic) bond motifs is 6. The van der Waals surface area contributed by atoms with Crippen molar-refractivity contribution >= 4 is 0 Å². The van der Waals surface area contributed by atoms with Crippen molar-refractivity contribution < 1.29 is 0 Å². The monoisotopic (exact) mass is 219 g/mol. The molecule has 0 aromatic rings. The molecule has 0 aromatic carbocycles. The Labute approximate surface area is 99.2 Å². The van der Waals surface area contributed by atoms with Gasteiger partial charge < -0.3 is 5.73 Å². The van der Waals surface area contributed by atoms with Crippen LogP contribution in [0.15, 0.2) is 0 Å². The van der Waals surface area contributed by atoms with Crippen molar-refractivity contribution in [2.75, 3.05) is 0 Å². The van der Waals surface area contributed by atoms with Crippen LogP contribution in [0.1, 0.15) is 52.4 Å². The third-order valence-corrected chi connectivity index (χ3v) is 7.36. The van der Waals surface area contributed by atoms with E-state index in [0.717, 1.165) is 23.7 Å². The lowest BCUT2D eigenvalue weighted by Crippen LogP contribution is -2.50. The average molecular weight is 219 g/mol. The molecule has 4 aliphatic carbocycles. The first kappa shape index (κ1) is 9.94. The van der Waals surface area contributed by atoms with Crippen molar-refractivity contribution in [1.29, 1.82) is 0 Å². The molecule has 2 N–H and O–H groups in total. The van der Waals surface area contributed by atoms with Crippen LogP contribution < -0.4 is 5.73 Å². The molecule has 4 rings (SSSR count). The fourth-order valence-corrected chi connectivity index (χ4v) is 6.65. The largest absolute Gasteiger partial charge is 0.327 e.